The van der Waals surface area contributed by atoms with Crippen LogP contribution in [-0.2, 0) is 6.54 Å². The third-order valence-corrected chi connectivity index (χ3v) is 1.75. The first-order chi connectivity index (χ1) is 6.93. The molecule has 0 heterocycles. The van der Waals surface area contributed by atoms with Crippen LogP contribution in [0.5, 0.6) is 0 Å². The number of halogens is 1. The van der Waals surface area contributed by atoms with Gasteiger partial charge in [-0.1, -0.05) is 66.7 Å². The average Bonchev–Trinajstić information content (AvgIpc) is 2.33. The van der Waals surface area contributed by atoms with E-state index in [0.29, 0.717) is 6.54 Å². The van der Waals surface area contributed by atoms with Crippen molar-refractivity contribution in [3.05, 3.63) is 72.3 Å². The van der Waals surface area contributed by atoms with Gasteiger partial charge < -0.3 is 11.2 Å². The molecule has 0 atom stereocenters. The van der Waals surface area contributed by atoms with Gasteiger partial charge in [-0.05, 0) is 5.56 Å². The van der Waals surface area contributed by atoms with Gasteiger partial charge in [0.2, 0.25) is 0 Å². The Hall–Kier alpha value is -1.35. The minimum Gasteiger partial charge on any atom is -0.412 e. The normalized spacial score (nSPS) is 7.56. The van der Waals surface area contributed by atoms with Gasteiger partial charge in [-0.3, -0.25) is 0 Å². The molecule has 0 saturated heterocycles. The zero-order valence-electron chi connectivity index (χ0n) is 9.04. The third-order valence-electron chi connectivity index (χ3n) is 1.75. The van der Waals surface area contributed by atoms with E-state index in [1.54, 1.807) is 0 Å². The summed E-state index contributed by atoms with van der Waals surface area (Å²) in [5, 5.41) is 0. The van der Waals surface area contributed by atoms with Crippen molar-refractivity contribution in [2.24, 2.45) is 5.73 Å². The van der Waals surface area contributed by atoms with Crippen molar-refractivity contribution in [1.82, 2.24) is 0 Å². The molecular weight excluding hydrogens is 222 g/mol. The van der Waals surface area contributed by atoms with Gasteiger partial charge >= 0.3 is 0 Å². The minimum atomic E-state index is 0. The van der Waals surface area contributed by atoms with Crippen LogP contribution in [0.15, 0.2) is 66.7 Å². The first-order valence-corrected chi connectivity index (χ1v) is 4.67. The first-order valence-electron chi connectivity index (χ1n) is 4.67. The summed E-state index contributed by atoms with van der Waals surface area (Å²) < 4.78 is 0. The molecule has 2 aromatic carbocycles. The van der Waals surface area contributed by atoms with Crippen LogP contribution < -0.4 is 5.73 Å². The second-order valence-electron chi connectivity index (χ2n) is 2.84. The highest BCUT2D eigenvalue weighted by molar-refractivity contribution is 5.85. The summed E-state index contributed by atoms with van der Waals surface area (Å²) >= 11 is 0. The van der Waals surface area contributed by atoms with Gasteiger partial charge in [0.15, 0.2) is 0 Å². The van der Waals surface area contributed by atoms with E-state index in [2.05, 4.69) is 0 Å². The maximum atomic E-state index is 5.35. The fourth-order valence-electron chi connectivity index (χ4n) is 0.999. The Kier molecular flexibility index (Phi) is 12.5. The van der Waals surface area contributed by atoms with E-state index in [1.807, 2.05) is 66.7 Å². The van der Waals surface area contributed by atoms with Gasteiger partial charge in [0.05, 0.1) is 0 Å². The molecular formula is C13H18ClNO. The molecule has 0 unspecified atom stereocenters. The van der Waals surface area contributed by atoms with Crippen LogP contribution in [0.3, 0.4) is 0 Å². The molecule has 0 saturated carbocycles. The Balaban J connectivity index is 0. The lowest BCUT2D eigenvalue weighted by atomic mass is 10.2. The van der Waals surface area contributed by atoms with Crippen molar-refractivity contribution in [2.45, 2.75) is 6.54 Å². The molecule has 0 bridgehead atoms. The zero-order valence-corrected chi connectivity index (χ0v) is 9.86. The molecule has 0 aliphatic rings. The molecule has 0 aliphatic carbocycles. The minimum absolute atomic E-state index is 0. The molecule has 0 aliphatic heterocycles. The molecule has 0 fully saturated rings. The van der Waals surface area contributed by atoms with Gasteiger partial charge in [-0.25, -0.2) is 0 Å². The molecule has 2 aromatic rings. The van der Waals surface area contributed by atoms with Crippen LogP contribution in [0.25, 0.3) is 0 Å². The Morgan fingerprint density at radius 3 is 1.25 bits per heavy atom. The highest BCUT2D eigenvalue weighted by Crippen LogP contribution is 1.94. The van der Waals surface area contributed by atoms with Gasteiger partial charge in [0.25, 0.3) is 0 Å². The van der Waals surface area contributed by atoms with Crippen LogP contribution in [0.4, 0.5) is 0 Å². The Morgan fingerprint density at radius 2 is 1.00 bits per heavy atom. The highest BCUT2D eigenvalue weighted by Gasteiger charge is 1.80. The number of hydrogen-bond acceptors (Lipinski definition) is 1. The molecule has 0 radical (unpaired) electrons. The standard InChI is InChI=1S/C7H9N.C6H6.ClH.H2O/c8-6-7-4-2-1-3-5-7;1-2-4-6-5-3-1;;/h1-5H,6,8H2;1-6H;1H;1H2. The second-order valence-corrected chi connectivity index (χ2v) is 2.84. The molecule has 2 nitrogen and oxygen atoms in total. The number of hydrogen-bond donors (Lipinski definition) is 1. The maximum absolute atomic E-state index is 5.35. The van der Waals surface area contributed by atoms with Crippen molar-refractivity contribution < 1.29 is 5.48 Å². The predicted octanol–water partition coefficient (Wildman–Crippen LogP) is 2.43. The van der Waals surface area contributed by atoms with Crippen molar-refractivity contribution >= 4 is 12.4 Å². The highest BCUT2D eigenvalue weighted by atomic mass is 35.5. The summed E-state index contributed by atoms with van der Waals surface area (Å²) in [6, 6.07) is 22.0. The summed E-state index contributed by atoms with van der Waals surface area (Å²) in [5.74, 6) is 0. The Morgan fingerprint density at radius 1 is 0.688 bits per heavy atom. The molecule has 3 heteroatoms. The molecule has 0 aromatic heterocycles. The quantitative estimate of drug-likeness (QED) is 0.817. The molecule has 2 rings (SSSR count). The molecule has 88 valence electrons. The van der Waals surface area contributed by atoms with E-state index in [0.717, 1.165) is 0 Å². The zero-order chi connectivity index (χ0) is 10.1. The lowest BCUT2D eigenvalue weighted by Crippen LogP contribution is -1.94. The molecule has 0 spiro atoms. The van der Waals surface area contributed by atoms with Crippen LogP contribution in [0.2, 0.25) is 0 Å². The topological polar surface area (TPSA) is 57.5 Å². The Labute approximate surface area is 103 Å². The average molecular weight is 240 g/mol. The largest absolute Gasteiger partial charge is 0.412 e. The summed E-state index contributed by atoms with van der Waals surface area (Å²) in [6.45, 7) is 0.640. The summed E-state index contributed by atoms with van der Waals surface area (Å²) in [5.41, 5.74) is 6.54. The smallest absolute Gasteiger partial charge is 0.0178 e. The second kappa shape index (κ2) is 11.7. The predicted molar refractivity (Wildman–Crippen MR) is 71.6 cm³/mol. The van der Waals surface area contributed by atoms with E-state index in [-0.39, 0.29) is 17.9 Å². The monoisotopic (exact) mass is 239 g/mol. The number of rotatable bonds is 1. The fourth-order valence-corrected chi connectivity index (χ4v) is 0.999. The summed E-state index contributed by atoms with van der Waals surface area (Å²) in [4.78, 5) is 0. The van der Waals surface area contributed by atoms with Crippen molar-refractivity contribution in [1.29, 1.82) is 0 Å². The van der Waals surface area contributed by atoms with E-state index >= 15 is 0 Å². The van der Waals surface area contributed by atoms with Gasteiger partial charge in [-0.15, -0.1) is 12.4 Å². The van der Waals surface area contributed by atoms with Crippen LogP contribution in [0.1, 0.15) is 5.56 Å². The lowest BCUT2D eigenvalue weighted by Gasteiger charge is -1.90. The van der Waals surface area contributed by atoms with Gasteiger partial charge in [-0.2, -0.15) is 0 Å². The maximum Gasteiger partial charge on any atom is 0.0178 e. The lowest BCUT2D eigenvalue weighted by molar-refractivity contribution is 0.824. The summed E-state index contributed by atoms with van der Waals surface area (Å²) in [7, 11) is 0. The number of benzene rings is 2. The molecule has 16 heavy (non-hydrogen) atoms. The van der Waals surface area contributed by atoms with Crippen LogP contribution >= 0.6 is 12.4 Å². The van der Waals surface area contributed by atoms with Gasteiger partial charge in [0.1, 0.15) is 0 Å². The summed E-state index contributed by atoms with van der Waals surface area (Å²) in [6.07, 6.45) is 0. The van der Waals surface area contributed by atoms with Crippen molar-refractivity contribution in [3.8, 4) is 0 Å². The third kappa shape index (κ3) is 8.00. The SMILES string of the molecule is Cl.NCc1ccccc1.O.c1ccccc1. The van der Waals surface area contributed by atoms with E-state index in [1.165, 1.54) is 5.56 Å². The van der Waals surface area contributed by atoms with Crippen molar-refractivity contribution in [3.63, 3.8) is 0 Å². The van der Waals surface area contributed by atoms with Crippen LogP contribution in [-0.4, -0.2) is 5.48 Å². The Bertz CT molecular complexity index is 300. The molecule has 0 amide bonds. The van der Waals surface area contributed by atoms with Gasteiger partial charge in [0, 0.05) is 6.54 Å². The number of nitrogens with two attached hydrogens (primary N) is 1. The van der Waals surface area contributed by atoms with Crippen LogP contribution in [0, 0.1) is 0 Å². The van der Waals surface area contributed by atoms with E-state index in [4.69, 9.17) is 5.73 Å². The molecule has 4 N–H and O–H groups in total. The van der Waals surface area contributed by atoms with Crippen molar-refractivity contribution in [2.75, 3.05) is 0 Å². The first kappa shape index (κ1) is 17.1. The fraction of sp³-hybridized carbons (Fsp3) is 0.0769. The van der Waals surface area contributed by atoms with E-state index in [9.17, 15) is 0 Å². The van der Waals surface area contributed by atoms with E-state index < -0.39 is 0 Å².